The van der Waals surface area contributed by atoms with Gasteiger partial charge in [-0.05, 0) is 92.0 Å². The number of furan rings is 1. The number of aliphatic imine (C=N–C) groups is 1. The number of amidine groups is 1. The van der Waals surface area contributed by atoms with Gasteiger partial charge in [0.1, 0.15) is 20.9 Å². The summed E-state index contributed by atoms with van der Waals surface area (Å²) in [6.45, 7) is 0. The first-order valence-corrected chi connectivity index (χ1v) is 17.5. The van der Waals surface area contributed by atoms with Crippen LogP contribution in [-0.4, -0.2) is 10.0 Å². The maximum atomic E-state index is 14.8. The summed E-state index contributed by atoms with van der Waals surface area (Å²) in [5.74, 6) is 0.435. The lowest BCUT2D eigenvalue weighted by atomic mass is 9.92. The zero-order chi connectivity index (χ0) is 31.8. The highest BCUT2D eigenvalue weighted by atomic mass is 32.2. The predicted molar refractivity (Wildman–Crippen MR) is 198 cm³/mol. The fraction of sp³-hybridized carbons (Fsp3) is 0. The van der Waals surface area contributed by atoms with Gasteiger partial charge >= 0.3 is 0 Å². The molecule has 1 aliphatic rings. The molecule has 1 aliphatic heterocycles. The van der Waals surface area contributed by atoms with Crippen LogP contribution in [0.25, 0.3) is 65.4 Å². The second-order valence-corrected chi connectivity index (χ2v) is 14.3. The van der Waals surface area contributed by atoms with Crippen molar-refractivity contribution in [3.8, 4) is 11.1 Å². The molecule has 0 fully saturated rings. The summed E-state index contributed by atoms with van der Waals surface area (Å²) >= 11 is 0. The summed E-state index contributed by atoms with van der Waals surface area (Å²) in [5, 5.41) is 9.35. The summed E-state index contributed by atoms with van der Waals surface area (Å²) in [6.07, 6.45) is 0. The molecule has 1 unspecified atom stereocenters. The molecule has 1 atom stereocenters. The third-order valence-electron chi connectivity index (χ3n) is 9.48. The van der Waals surface area contributed by atoms with Crippen molar-refractivity contribution < 1.29 is 8.63 Å². The Morgan fingerprint density at radius 2 is 1.08 bits per heavy atom. The van der Waals surface area contributed by atoms with Crippen LogP contribution in [0.3, 0.4) is 0 Å². The largest absolute Gasteiger partial charge is 0.456 e. The lowest BCUT2D eigenvalue weighted by Gasteiger charge is -2.18. The van der Waals surface area contributed by atoms with Gasteiger partial charge in [-0.25, -0.2) is 9.20 Å². The van der Waals surface area contributed by atoms with Gasteiger partial charge in [0.25, 0.3) is 0 Å². The molecule has 0 bridgehead atoms. The van der Waals surface area contributed by atoms with E-state index in [0.717, 1.165) is 38.6 Å². The first-order valence-electron chi connectivity index (χ1n) is 15.9. The molecular weight excluding hydrogens is 609 g/mol. The molecule has 5 heteroatoms. The highest BCUT2D eigenvalue weighted by Gasteiger charge is 2.27. The maximum Gasteiger partial charge on any atom is 0.170 e. The van der Waals surface area contributed by atoms with Crippen molar-refractivity contribution in [1.29, 1.82) is 0 Å². The van der Waals surface area contributed by atoms with Crippen LogP contribution >= 0.6 is 0 Å². The van der Waals surface area contributed by atoms with E-state index in [1.165, 1.54) is 32.3 Å². The number of rotatable bonds is 3. The fourth-order valence-electron chi connectivity index (χ4n) is 7.26. The van der Waals surface area contributed by atoms with Crippen molar-refractivity contribution in [2.24, 2.45) is 9.36 Å². The van der Waals surface area contributed by atoms with Crippen LogP contribution in [0.4, 0.5) is 5.69 Å². The lowest BCUT2D eigenvalue weighted by Crippen LogP contribution is -2.12. The van der Waals surface area contributed by atoms with E-state index in [9.17, 15) is 4.21 Å². The first kappa shape index (κ1) is 27.1. The molecule has 0 radical (unpaired) electrons. The van der Waals surface area contributed by atoms with E-state index < -0.39 is 9.73 Å². The first-order chi connectivity index (χ1) is 23.7. The zero-order valence-electron chi connectivity index (χ0n) is 25.6. The Bertz CT molecular complexity index is 2910. The zero-order valence-corrected chi connectivity index (χ0v) is 26.4. The third kappa shape index (κ3) is 3.95. The molecule has 0 saturated carbocycles. The number of hydrogen-bond donors (Lipinski definition) is 0. The van der Waals surface area contributed by atoms with Crippen LogP contribution in [0.1, 0.15) is 5.56 Å². The van der Waals surface area contributed by atoms with Crippen LogP contribution in [0.2, 0.25) is 0 Å². The minimum Gasteiger partial charge on any atom is -0.456 e. The molecule has 2 heterocycles. The van der Waals surface area contributed by atoms with Crippen molar-refractivity contribution in [3.63, 3.8) is 0 Å². The van der Waals surface area contributed by atoms with Crippen molar-refractivity contribution in [2.45, 2.75) is 9.79 Å². The van der Waals surface area contributed by atoms with Crippen LogP contribution in [-0.2, 0) is 9.73 Å². The van der Waals surface area contributed by atoms with Crippen LogP contribution in [0, 0.1) is 0 Å². The predicted octanol–water partition coefficient (Wildman–Crippen LogP) is 11.7. The molecule has 1 aromatic heterocycles. The summed E-state index contributed by atoms with van der Waals surface area (Å²) < 4.78 is 26.1. The van der Waals surface area contributed by atoms with Gasteiger partial charge in [-0.15, -0.1) is 0 Å². The van der Waals surface area contributed by atoms with Crippen molar-refractivity contribution in [2.75, 3.05) is 0 Å². The monoisotopic (exact) mass is 634 g/mol. The maximum absolute atomic E-state index is 14.8. The average molecular weight is 635 g/mol. The van der Waals surface area contributed by atoms with Crippen LogP contribution in [0.5, 0.6) is 0 Å². The number of hydrogen-bond acceptors (Lipinski definition) is 4. The van der Waals surface area contributed by atoms with Crippen molar-refractivity contribution >= 4 is 75.5 Å². The van der Waals surface area contributed by atoms with Crippen LogP contribution in [0.15, 0.2) is 181 Å². The normalized spacial score (nSPS) is 16.0. The average Bonchev–Trinajstić information content (AvgIpc) is 3.53. The number of nitrogens with zero attached hydrogens (tertiary/aromatic N) is 2. The van der Waals surface area contributed by atoms with Gasteiger partial charge in [0.05, 0.1) is 15.5 Å². The Labute approximate surface area is 276 Å². The standard InChI is InChI=1S/C43H26N2O2S/c46-48(29-11-2-1-3-12-29)41-20-9-8-18-38(41)44-43(45-48)35-17-10-19-40-42(35)37-26-28(22-24-39(37)47-40)27-21-23-34-32-15-5-4-13-30(32)31-14-6-7-16-33(31)36(34)25-27/h1-26H. The van der Waals surface area contributed by atoms with E-state index in [4.69, 9.17) is 13.8 Å². The highest BCUT2D eigenvalue weighted by molar-refractivity contribution is 7.94. The van der Waals surface area contributed by atoms with E-state index in [0.29, 0.717) is 21.3 Å². The second kappa shape index (κ2) is 10.2. The summed E-state index contributed by atoms with van der Waals surface area (Å²) in [4.78, 5) is 6.26. The molecular formula is C43H26N2O2S. The van der Waals surface area contributed by atoms with Gasteiger partial charge in [0.2, 0.25) is 0 Å². The van der Waals surface area contributed by atoms with Gasteiger partial charge in [0, 0.05) is 16.3 Å². The van der Waals surface area contributed by atoms with Gasteiger partial charge in [-0.1, -0.05) is 109 Å². The molecule has 226 valence electrons. The molecule has 10 rings (SSSR count). The Morgan fingerprint density at radius 1 is 0.479 bits per heavy atom. The Hall–Kier alpha value is -6.04. The van der Waals surface area contributed by atoms with E-state index in [-0.39, 0.29) is 0 Å². The second-order valence-electron chi connectivity index (χ2n) is 12.2. The van der Waals surface area contributed by atoms with Gasteiger partial charge in [0.15, 0.2) is 5.84 Å². The van der Waals surface area contributed by atoms with Crippen LogP contribution < -0.4 is 0 Å². The number of benzene rings is 8. The molecule has 4 nitrogen and oxygen atoms in total. The number of para-hydroxylation sites is 1. The smallest absolute Gasteiger partial charge is 0.170 e. The van der Waals surface area contributed by atoms with E-state index in [1.807, 2.05) is 78.9 Å². The molecule has 0 saturated heterocycles. The van der Waals surface area contributed by atoms with Crippen molar-refractivity contribution in [1.82, 2.24) is 0 Å². The fourth-order valence-corrected chi connectivity index (χ4v) is 9.29. The number of fused-ring (bicyclic) bond motifs is 10. The molecule has 0 aliphatic carbocycles. The summed E-state index contributed by atoms with van der Waals surface area (Å²) in [5.41, 5.74) is 5.17. The Kier molecular flexibility index (Phi) is 5.78. The highest BCUT2D eigenvalue weighted by Crippen LogP contribution is 2.41. The molecule has 48 heavy (non-hydrogen) atoms. The van der Waals surface area contributed by atoms with Gasteiger partial charge in [-0.2, -0.15) is 4.36 Å². The molecule has 0 spiro atoms. The molecule has 0 N–H and O–H groups in total. The SMILES string of the molecule is O=S1(c2ccccc2)=NC(c2cccc3oc4ccc(-c5ccc6c7ccccc7c7ccccc7c6c5)cc4c23)=Nc2ccccc21. The van der Waals surface area contributed by atoms with E-state index in [1.54, 1.807) is 0 Å². The minimum atomic E-state index is -2.97. The minimum absolute atomic E-state index is 0.435. The summed E-state index contributed by atoms with van der Waals surface area (Å²) in [6, 6.07) is 53.4. The quantitative estimate of drug-likeness (QED) is 0.182. The molecule has 0 amide bonds. The van der Waals surface area contributed by atoms with Gasteiger partial charge in [-0.3, -0.25) is 0 Å². The Morgan fingerprint density at radius 3 is 1.83 bits per heavy atom. The van der Waals surface area contributed by atoms with Gasteiger partial charge < -0.3 is 4.42 Å². The van der Waals surface area contributed by atoms with E-state index >= 15 is 0 Å². The third-order valence-corrected chi connectivity index (χ3v) is 11.8. The Balaban J connectivity index is 1.20. The van der Waals surface area contributed by atoms with Crippen molar-refractivity contribution in [3.05, 3.63) is 163 Å². The topological polar surface area (TPSA) is 54.9 Å². The lowest BCUT2D eigenvalue weighted by molar-refractivity contribution is 0.669. The molecule has 8 aromatic carbocycles. The molecule has 9 aromatic rings. The van der Waals surface area contributed by atoms with E-state index in [2.05, 4.69) is 78.9 Å². The summed E-state index contributed by atoms with van der Waals surface area (Å²) in [7, 11) is -2.97.